The number of epoxide rings is 1. The molecule has 8 aliphatic rings. The summed E-state index contributed by atoms with van der Waals surface area (Å²) in [5.41, 5.74) is -2.08. The van der Waals surface area contributed by atoms with Crippen LogP contribution in [0.5, 0.6) is 0 Å². The van der Waals surface area contributed by atoms with Gasteiger partial charge in [0.2, 0.25) is 0 Å². The number of likely N-dealkylation sites (N-methyl/N-ethyl adjacent to an activating group) is 1. The molecule has 0 spiro atoms. The van der Waals surface area contributed by atoms with Crippen molar-refractivity contribution in [2.45, 2.75) is 75.5 Å². The lowest BCUT2D eigenvalue weighted by molar-refractivity contribution is -0.203. The van der Waals surface area contributed by atoms with Gasteiger partial charge in [0, 0.05) is 42.2 Å². The zero-order valence-corrected chi connectivity index (χ0v) is 22.0. The molecule has 0 aromatic rings. The number of ether oxygens (including phenoxy) is 3. The average molecular weight is 515 g/mol. The molecule has 8 rings (SSSR count). The SMILES string of the molecule is C[C@H]1C2C(=O)C3CC(NC(=O)O)(C(=O)C1(C)C3C1CC3COC(C3)C3C=COC3CC3OC31)C2N(C)C. The fourth-order valence-electron chi connectivity index (χ4n) is 10.1. The summed E-state index contributed by atoms with van der Waals surface area (Å²) in [7, 11) is 3.69. The molecular weight excluding hydrogens is 476 g/mol. The minimum absolute atomic E-state index is 0.0119. The van der Waals surface area contributed by atoms with Crippen molar-refractivity contribution in [3.63, 3.8) is 0 Å². The fraction of sp³-hybridized carbons (Fsp3) is 0.821. The lowest BCUT2D eigenvalue weighted by Crippen LogP contribution is -2.84. The van der Waals surface area contributed by atoms with Crippen molar-refractivity contribution in [2.24, 2.45) is 46.8 Å². The molecule has 9 heteroatoms. The van der Waals surface area contributed by atoms with E-state index >= 15 is 0 Å². The van der Waals surface area contributed by atoms with Crippen LogP contribution in [0.3, 0.4) is 0 Å². The zero-order chi connectivity index (χ0) is 26.0. The fourth-order valence-corrected chi connectivity index (χ4v) is 10.1. The molecule has 1 amide bonds. The number of nitrogens with zero attached hydrogens (tertiary/aromatic N) is 1. The van der Waals surface area contributed by atoms with Gasteiger partial charge in [0.05, 0.1) is 24.6 Å². The molecule has 5 saturated carbocycles. The molecule has 9 nitrogen and oxygen atoms in total. The number of carbonyl (C=O) groups excluding carboxylic acids is 2. The summed E-state index contributed by atoms with van der Waals surface area (Å²) in [4.78, 5) is 42.6. The quantitative estimate of drug-likeness (QED) is 0.550. The average Bonchev–Trinajstić information content (AvgIpc) is 3.19. The summed E-state index contributed by atoms with van der Waals surface area (Å²) in [5, 5.41) is 12.5. The van der Waals surface area contributed by atoms with E-state index in [0.717, 1.165) is 19.3 Å². The summed E-state index contributed by atoms with van der Waals surface area (Å²) < 4.78 is 18.6. The van der Waals surface area contributed by atoms with Crippen molar-refractivity contribution in [3.8, 4) is 0 Å². The molecule has 13 unspecified atom stereocenters. The van der Waals surface area contributed by atoms with Crippen LogP contribution < -0.4 is 5.32 Å². The van der Waals surface area contributed by atoms with Crippen LogP contribution in [0.1, 0.15) is 39.5 Å². The van der Waals surface area contributed by atoms with Crippen molar-refractivity contribution in [1.29, 1.82) is 0 Å². The maximum atomic E-state index is 14.6. The van der Waals surface area contributed by atoms with E-state index in [4.69, 9.17) is 14.2 Å². The Kier molecular flexibility index (Phi) is 5.07. The van der Waals surface area contributed by atoms with Crippen molar-refractivity contribution in [1.82, 2.24) is 10.2 Å². The van der Waals surface area contributed by atoms with E-state index in [0.29, 0.717) is 12.5 Å². The first-order chi connectivity index (χ1) is 17.6. The van der Waals surface area contributed by atoms with Crippen molar-refractivity contribution in [2.75, 3.05) is 20.7 Å². The Labute approximate surface area is 217 Å². The van der Waals surface area contributed by atoms with Crippen molar-refractivity contribution in [3.05, 3.63) is 12.3 Å². The van der Waals surface area contributed by atoms with Crippen molar-refractivity contribution < 1.29 is 33.7 Å². The Balaban J connectivity index is 1.29. The van der Waals surface area contributed by atoms with Crippen LogP contribution >= 0.6 is 0 Å². The largest absolute Gasteiger partial charge is 0.498 e. The number of amides is 1. The second-order valence-electron chi connectivity index (χ2n) is 13.3. The highest BCUT2D eigenvalue weighted by Gasteiger charge is 2.78. The lowest BCUT2D eigenvalue weighted by Gasteiger charge is -2.69. The van der Waals surface area contributed by atoms with Gasteiger partial charge in [-0.15, -0.1) is 0 Å². The van der Waals surface area contributed by atoms with E-state index in [1.54, 1.807) is 6.26 Å². The third kappa shape index (κ3) is 3.05. The second kappa shape index (κ2) is 7.79. The van der Waals surface area contributed by atoms with Gasteiger partial charge in [0.1, 0.15) is 17.4 Å². The number of fused-ring (bicyclic) bond motifs is 5. The monoisotopic (exact) mass is 514 g/mol. The van der Waals surface area contributed by atoms with E-state index in [1.807, 2.05) is 32.8 Å². The molecule has 37 heavy (non-hydrogen) atoms. The highest BCUT2D eigenvalue weighted by atomic mass is 16.6. The predicted molar refractivity (Wildman–Crippen MR) is 130 cm³/mol. The van der Waals surface area contributed by atoms with E-state index in [2.05, 4.69) is 11.4 Å². The number of hydrogen-bond donors (Lipinski definition) is 2. The topological polar surface area (TPSA) is 118 Å². The molecule has 2 saturated heterocycles. The standard InChI is InChI=1S/C28H38N2O7/c1-12-20-22(31)16-10-28(29-26(33)34,24(20)30(3)4)25(32)27(12,2)21(16)15-7-13-8-17(36-11-13)14-5-6-35-18(14)9-19-23(15)37-19/h5-6,12-21,23-24,29H,7-11H2,1-4H3,(H,33,34)/t12-,13?,14?,15?,16?,17?,18?,19?,20?,21?,23?,24?,27?,28?/m0/s1. The molecule has 0 radical (unpaired) electrons. The Morgan fingerprint density at radius 1 is 1.16 bits per heavy atom. The Morgan fingerprint density at radius 2 is 1.95 bits per heavy atom. The van der Waals surface area contributed by atoms with Gasteiger partial charge < -0.3 is 29.5 Å². The van der Waals surface area contributed by atoms with Gasteiger partial charge in [0.15, 0.2) is 5.78 Å². The van der Waals surface area contributed by atoms with E-state index in [-0.39, 0.29) is 77.9 Å². The number of carboxylic acid groups (broad SMARTS) is 1. The Morgan fingerprint density at radius 3 is 2.68 bits per heavy atom. The third-order valence-corrected chi connectivity index (χ3v) is 11.6. The minimum Gasteiger partial charge on any atom is -0.498 e. The van der Waals surface area contributed by atoms with Gasteiger partial charge in [-0.3, -0.25) is 9.59 Å². The van der Waals surface area contributed by atoms with Crippen LogP contribution in [0.15, 0.2) is 12.3 Å². The van der Waals surface area contributed by atoms with Crippen LogP contribution in [0, 0.1) is 46.8 Å². The number of hydrogen-bond acceptors (Lipinski definition) is 7. The smallest absolute Gasteiger partial charge is 0.405 e. The summed E-state index contributed by atoms with van der Waals surface area (Å²) >= 11 is 0. The first-order valence-corrected chi connectivity index (χ1v) is 13.9. The molecule has 3 aliphatic heterocycles. The summed E-state index contributed by atoms with van der Waals surface area (Å²) in [6.07, 6.45) is 5.76. The number of ketones is 2. The molecular formula is C28H38N2O7. The maximum Gasteiger partial charge on any atom is 0.405 e. The molecule has 5 aliphatic carbocycles. The number of nitrogens with one attached hydrogen (secondary N) is 1. The van der Waals surface area contributed by atoms with Crippen LogP contribution in [-0.4, -0.2) is 84.4 Å². The van der Waals surface area contributed by atoms with Gasteiger partial charge in [0.25, 0.3) is 0 Å². The van der Waals surface area contributed by atoms with Gasteiger partial charge in [-0.2, -0.15) is 0 Å². The van der Waals surface area contributed by atoms with Crippen molar-refractivity contribution >= 4 is 17.7 Å². The lowest BCUT2D eigenvalue weighted by atomic mass is 9.35. The van der Waals surface area contributed by atoms with Gasteiger partial charge in [-0.05, 0) is 63.1 Å². The van der Waals surface area contributed by atoms with Crippen LogP contribution in [0.2, 0.25) is 0 Å². The maximum absolute atomic E-state index is 14.6. The third-order valence-electron chi connectivity index (χ3n) is 11.6. The highest BCUT2D eigenvalue weighted by molar-refractivity contribution is 6.05. The van der Waals surface area contributed by atoms with Gasteiger partial charge in [-0.25, -0.2) is 4.79 Å². The van der Waals surface area contributed by atoms with E-state index < -0.39 is 23.1 Å². The van der Waals surface area contributed by atoms with Crippen LogP contribution in [0.4, 0.5) is 4.79 Å². The molecule has 202 valence electrons. The summed E-state index contributed by atoms with van der Waals surface area (Å²) in [6.45, 7) is 4.74. The first-order valence-electron chi connectivity index (χ1n) is 13.9. The first kappa shape index (κ1) is 24.1. The minimum atomic E-state index is -1.27. The van der Waals surface area contributed by atoms with Gasteiger partial charge >= 0.3 is 6.09 Å². The summed E-state index contributed by atoms with van der Waals surface area (Å²) in [6, 6.07) is -0.481. The van der Waals surface area contributed by atoms with Gasteiger partial charge in [-0.1, -0.05) is 13.8 Å². The number of Topliss-reactive ketones (excluding diaryl/α,β-unsaturated/α-hetero) is 2. The zero-order valence-electron chi connectivity index (χ0n) is 22.0. The molecule has 2 N–H and O–H groups in total. The van der Waals surface area contributed by atoms with E-state index in [1.165, 1.54) is 0 Å². The molecule has 0 aromatic carbocycles. The summed E-state index contributed by atoms with van der Waals surface area (Å²) in [5.74, 6) is -0.303. The Bertz CT molecular complexity index is 1080. The molecule has 3 heterocycles. The van der Waals surface area contributed by atoms with E-state index in [9.17, 15) is 19.5 Å². The number of rotatable bonds is 3. The molecule has 0 aromatic heterocycles. The van der Waals surface area contributed by atoms with Crippen LogP contribution in [-0.2, 0) is 23.8 Å². The predicted octanol–water partition coefficient (Wildman–Crippen LogP) is 2.09. The molecule has 7 fully saturated rings. The second-order valence-corrected chi connectivity index (χ2v) is 13.3. The highest BCUT2D eigenvalue weighted by Crippen LogP contribution is 2.67. The number of carbonyl (C=O) groups is 3. The van der Waals surface area contributed by atoms with Crippen LogP contribution in [0.25, 0.3) is 0 Å². The molecule has 14 atom stereocenters. The normalized spacial score (nSPS) is 55.2. The Hall–Kier alpha value is -1.97. The molecule has 6 bridgehead atoms.